The summed E-state index contributed by atoms with van der Waals surface area (Å²) in [5.41, 5.74) is 5.00. The Morgan fingerprint density at radius 3 is 1.86 bits per heavy atom. The van der Waals surface area contributed by atoms with E-state index >= 15 is 0 Å². The molecule has 0 fully saturated rings. The predicted octanol–water partition coefficient (Wildman–Crippen LogP) is 4.94. The lowest BCUT2D eigenvalue weighted by molar-refractivity contribution is -0.384. The normalized spacial score (nSPS) is 10.9. The Hall–Kier alpha value is -1.94. The van der Waals surface area contributed by atoms with Crippen LogP contribution in [0.4, 0.5) is 17.1 Å². The van der Waals surface area contributed by atoms with Crippen LogP contribution in [0.15, 0.2) is 18.2 Å². The summed E-state index contributed by atoms with van der Waals surface area (Å²) in [5.74, 6) is 0. The molecular formula is C20H37N5O4. The van der Waals surface area contributed by atoms with Crippen molar-refractivity contribution in [3.8, 4) is 0 Å². The number of hydrogen-bond acceptors (Lipinski definition) is 8. The largest absolute Gasteiger partial charge is 0.297 e. The molecule has 9 nitrogen and oxygen atoms in total. The lowest BCUT2D eigenvalue weighted by Crippen LogP contribution is -2.38. The fourth-order valence-electron chi connectivity index (χ4n) is 3.26. The van der Waals surface area contributed by atoms with Crippen LogP contribution in [0.5, 0.6) is 0 Å². The summed E-state index contributed by atoms with van der Waals surface area (Å²) in [5, 5.41) is 33.5. The first-order valence-electron chi connectivity index (χ1n) is 10.7. The predicted molar refractivity (Wildman–Crippen MR) is 115 cm³/mol. The molecule has 1 rings (SSSR count). The van der Waals surface area contributed by atoms with Gasteiger partial charge in [-0.25, -0.2) is 0 Å². The SMILES string of the molecule is CCCCCCCN(NO)c1ccc([N+](=O)[O-])c(N(CCCCCCC)NO)c1. The van der Waals surface area contributed by atoms with Crippen molar-refractivity contribution in [2.75, 3.05) is 23.1 Å². The van der Waals surface area contributed by atoms with Gasteiger partial charge in [0, 0.05) is 19.2 Å². The summed E-state index contributed by atoms with van der Waals surface area (Å²) in [6.45, 7) is 5.31. The maximum absolute atomic E-state index is 11.5. The van der Waals surface area contributed by atoms with E-state index in [9.17, 15) is 20.5 Å². The summed E-state index contributed by atoms with van der Waals surface area (Å²) in [4.78, 5) is 11.0. The minimum Gasteiger partial charge on any atom is -0.297 e. The minimum absolute atomic E-state index is 0.107. The molecule has 166 valence electrons. The second-order valence-electron chi connectivity index (χ2n) is 7.26. The zero-order valence-electron chi connectivity index (χ0n) is 17.8. The number of hydrogen-bond donors (Lipinski definition) is 4. The topological polar surface area (TPSA) is 114 Å². The van der Waals surface area contributed by atoms with Gasteiger partial charge in [0.05, 0.1) is 10.6 Å². The number of nitrogens with one attached hydrogen (secondary N) is 2. The average molecular weight is 412 g/mol. The van der Waals surface area contributed by atoms with Gasteiger partial charge >= 0.3 is 0 Å². The van der Waals surface area contributed by atoms with Gasteiger partial charge in [-0.2, -0.15) is 0 Å². The van der Waals surface area contributed by atoms with E-state index in [1.165, 1.54) is 17.5 Å². The zero-order valence-corrected chi connectivity index (χ0v) is 17.8. The lowest BCUT2D eigenvalue weighted by Gasteiger charge is -2.26. The van der Waals surface area contributed by atoms with Crippen molar-refractivity contribution in [1.82, 2.24) is 11.2 Å². The van der Waals surface area contributed by atoms with Gasteiger partial charge in [0.1, 0.15) is 5.69 Å². The van der Waals surface area contributed by atoms with E-state index in [1.54, 1.807) is 17.1 Å². The van der Waals surface area contributed by atoms with Gasteiger partial charge in [-0.1, -0.05) is 65.2 Å². The summed E-state index contributed by atoms with van der Waals surface area (Å²) in [7, 11) is 0. The third kappa shape index (κ3) is 8.95. The van der Waals surface area contributed by atoms with Crippen molar-refractivity contribution in [2.24, 2.45) is 0 Å². The van der Waals surface area contributed by atoms with Crippen molar-refractivity contribution in [3.63, 3.8) is 0 Å². The number of rotatable bonds is 17. The van der Waals surface area contributed by atoms with Gasteiger partial charge in [0.15, 0.2) is 0 Å². The first-order valence-corrected chi connectivity index (χ1v) is 10.7. The molecule has 0 atom stereocenters. The Balaban J connectivity index is 2.88. The molecule has 1 aromatic rings. The monoisotopic (exact) mass is 411 g/mol. The van der Waals surface area contributed by atoms with E-state index in [0.29, 0.717) is 18.8 Å². The Morgan fingerprint density at radius 1 is 0.862 bits per heavy atom. The third-order valence-corrected chi connectivity index (χ3v) is 4.97. The Labute approximate surface area is 173 Å². The average Bonchev–Trinajstić information content (AvgIpc) is 2.73. The van der Waals surface area contributed by atoms with Crippen LogP contribution in [0.3, 0.4) is 0 Å². The zero-order chi connectivity index (χ0) is 21.5. The van der Waals surface area contributed by atoms with E-state index < -0.39 is 4.92 Å². The van der Waals surface area contributed by atoms with Crippen LogP contribution in [-0.2, 0) is 0 Å². The highest BCUT2D eigenvalue weighted by Gasteiger charge is 2.21. The summed E-state index contributed by atoms with van der Waals surface area (Å²) >= 11 is 0. The van der Waals surface area contributed by atoms with E-state index in [4.69, 9.17) is 0 Å². The summed E-state index contributed by atoms with van der Waals surface area (Å²) in [6, 6.07) is 4.59. The van der Waals surface area contributed by atoms with E-state index in [2.05, 4.69) is 25.0 Å². The number of nitro groups is 1. The fraction of sp³-hybridized carbons (Fsp3) is 0.700. The van der Waals surface area contributed by atoms with Gasteiger partial charge in [0.25, 0.3) is 5.69 Å². The highest BCUT2D eigenvalue weighted by molar-refractivity contribution is 5.69. The first-order chi connectivity index (χ1) is 14.1. The van der Waals surface area contributed by atoms with E-state index in [-0.39, 0.29) is 11.4 Å². The number of hydrazine groups is 2. The molecule has 0 aliphatic heterocycles. The molecular weight excluding hydrogens is 374 g/mol. The van der Waals surface area contributed by atoms with Crippen LogP contribution in [0.25, 0.3) is 0 Å². The molecule has 1 aromatic carbocycles. The Kier molecular flexibility index (Phi) is 13.0. The molecule has 0 aliphatic carbocycles. The van der Waals surface area contributed by atoms with Crippen LogP contribution < -0.4 is 21.2 Å². The van der Waals surface area contributed by atoms with Crippen LogP contribution in [0.2, 0.25) is 0 Å². The quantitative estimate of drug-likeness (QED) is 0.162. The highest BCUT2D eigenvalue weighted by atomic mass is 16.6. The Bertz CT molecular complexity index is 588. The molecule has 0 saturated carbocycles. The molecule has 0 heterocycles. The molecule has 0 spiro atoms. The molecule has 0 saturated heterocycles. The van der Waals surface area contributed by atoms with E-state index in [1.807, 2.05) is 0 Å². The second-order valence-corrected chi connectivity index (χ2v) is 7.26. The van der Waals surface area contributed by atoms with Gasteiger partial charge < -0.3 is 0 Å². The molecule has 29 heavy (non-hydrogen) atoms. The molecule has 0 radical (unpaired) electrons. The number of anilines is 2. The maximum atomic E-state index is 11.5. The standard InChI is InChI=1S/C20H37N5O4/c1-3-5-7-9-11-15-23(21-26)18-13-14-19(25(28)29)20(17-18)24(22-27)16-12-10-8-6-4-2/h13-14,17,21-22,26-27H,3-12,15-16H2,1-2H3. The molecule has 0 aromatic heterocycles. The molecule has 0 aliphatic rings. The van der Waals surface area contributed by atoms with Crippen molar-refractivity contribution < 1.29 is 15.3 Å². The Morgan fingerprint density at radius 2 is 1.38 bits per heavy atom. The van der Waals surface area contributed by atoms with Gasteiger partial charge in [-0.3, -0.25) is 30.5 Å². The molecule has 0 unspecified atom stereocenters. The van der Waals surface area contributed by atoms with Gasteiger partial charge in [-0.05, 0) is 25.0 Å². The first kappa shape index (κ1) is 25.1. The lowest BCUT2D eigenvalue weighted by atomic mass is 10.1. The number of nitrogens with zero attached hydrogens (tertiary/aromatic N) is 3. The smallest absolute Gasteiger partial charge is 0.294 e. The van der Waals surface area contributed by atoms with Gasteiger partial charge in [0.2, 0.25) is 0 Å². The van der Waals surface area contributed by atoms with Crippen LogP contribution in [-0.4, -0.2) is 28.4 Å². The molecule has 0 amide bonds. The highest BCUT2D eigenvalue weighted by Crippen LogP contribution is 2.32. The number of benzene rings is 1. The van der Waals surface area contributed by atoms with Crippen LogP contribution in [0, 0.1) is 10.1 Å². The van der Waals surface area contributed by atoms with Crippen molar-refractivity contribution in [3.05, 3.63) is 28.3 Å². The fourth-order valence-corrected chi connectivity index (χ4v) is 3.26. The van der Waals surface area contributed by atoms with Crippen LogP contribution >= 0.6 is 0 Å². The third-order valence-electron chi connectivity index (χ3n) is 4.97. The van der Waals surface area contributed by atoms with Crippen LogP contribution in [0.1, 0.15) is 78.1 Å². The van der Waals surface area contributed by atoms with Crippen molar-refractivity contribution >= 4 is 17.1 Å². The van der Waals surface area contributed by atoms with Crippen molar-refractivity contribution in [2.45, 2.75) is 78.1 Å². The van der Waals surface area contributed by atoms with E-state index in [0.717, 1.165) is 57.8 Å². The number of nitro benzene ring substituents is 1. The number of unbranched alkanes of at least 4 members (excludes halogenated alkanes) is 8. The molecule has 4 N–H and O–H groups in total. The minimum atomic E-state index is -0.470. The molecule has 9 heteroatoms. The van der Waals surface area contributed by atoms with Gasteiger partial charge in [-0.15, -0.1) is 11.2 Å². The maximum Gasteiger partial charge on any atom is 0.294 e. The second kappa shape index (κ2) is 15.0. The summed E-state index contributed by atoms with van der Waals surface area (Å²) < 4.78 is 0. The van der Waals surface area contributed by atoms with Crippen molar-refractivity contribution in [1.29, 1.82) is 0 Å². The molecule has 0 bridgehead atoms. The summed E-state index contributed by atoms with van der Waals surface area (Å²) in [6.07, 6.45) is 10.6.